The summed E-state index contributed by atoms with van der Waals surface area (Å²) in [5, 5.41) is 14.4. The molecular formula is C10H15N3O2. The molecule has 0 aliphatic rings. The Hall–Kier alpha value is -1.78. The van der Waals surface area contributed by atoms with Gasteiger partial charge in [0.1, 0.15) is 0 Å². The number of pyridine rings is 1. The Morgan fingerprint density at radius 1 is 1.60 bits per heavy atom. The van der Waals surface area contributed by atoms with Gasteiger partial charge in [0.05, 0.1) is 0 Å². The van der Waals surface area contributed by atoms with Crippen LogP contribution in [0, 0.1) is 0 Å². The average Bonchev–Trinajstić information content (AvgIpc) is 2.22. The Labute approximate surface area is 88.5 Å². The molecule has 2 amide bonds. The van der Waals surface area contributed by atoms with E-state index in [0.29, 0.717) is 6.54 Å². The molecule has 3 N–H and O–H groups in total. The number of nitrogens with one attached hydrogen (secondary N) is 2. The van der Waals surface area contributed by atoms with E-state index >= 15 is 0 Å². The van der Waals surface area contributed by atoms with Crippen LogP contribution in [0.15, 0.2) is 18.3 Å². The van der Waals surface area contributed by atoms with Crippen molar-refractivity contribution in [3.63, 3.8) is 0 Å². The summed E-state index contributed by atoms with van der Waals surface area (Å²) in [7, 11) is 0. The lowest BCUT2D eigenvalue weighted by molar-refractivity contribution is 0.251. The Kier molecular flexibility index (Phi) is 4.40. The van der Waals surface area contributed by atoms with Crippen molar-refractivity contribution < 1.29 is 9.90 Å². The van der Waals surface area contributed by atoms with Gasteiger partial charge in [-0.1, -0.05) is 13.3 Å². The summed E-state index contributed by atoms with van der Waals surface area (Å²) >= 11 is 0. The first-order valence-corrected chi connectivity index (χ1v) is 4.93. The molecule has 5 nitrogen and oxygen atoms in total. The molecule has 5 heteroatoms. The van der Waals surface area contributed by atoms with E-state index in [2.05, 4.69) is 15.6 Å². The first-order valence-electron chi connectivity index (χ1n) is 4.93. The topological polar surface area (TPSA) is 74.2 Å². The SMILES string of the molecule is CCCCNC(=O)Nc1ncccc1O. The third-order valence-electron chi connectivity index (χ3n) is 1.83. The quantitative estimate of drug-likeness (QED) is 0.661. The maximum absolute atomic E-state index is 11.3. The molecule has 1 aromatic rings. The third kappa shape index (κ3) is 3.84. The first-order chi connectivity index (χ1) is 7.24. The van der Waals surface area contributed by atoms with Crippen LogP contribution in [-0.4, -0.2) is 22.7 Å². The molecule has 0 saturated carbocycles. The van der Waals surface area contributed by atoms with Crippen molar-refractivity contribution >= 4 is 11.8 Å². The van der Waals surface area contributed by atoms with Gasteiger partial charge in [-0.05, 0) is 18.6 Å². The standard InChI is InChI=1S/C10H15N3O2/c1-2-3-6-12-10(15)13-9-8(14)5-4-7-11-9/h4-5,7,14H,2-3,6H2,1H3,(H2,11,12,13,15). The van der Waals surface area contributed by atoms with Gasteiger partial charge in [-0.3, -0.25) is 5.32 Å². The second-order valence-corrected chi connectivity index (χ2v) is 3.11. The molecular weight excluding hydrogens is 194 g/mol. The van der Waals surface area contributed by atoms with E-state index in [1.165, 1.54) is 12.3 Å². The monoisotopic (exact) mass is 209 g/mol. The number of nitrogens with zero attached hydrogens (tertiary/aromatic N) is 1. The lowest BCUT2D eigenvalue weighted by Crippen LogP contribution is -2.29. The van der Waals surface area contributed by atoms with Gasteiger partial charge in [-0.15, -0.1) is 0 Å². The highest BCUT2D eigenvalue weighted by Crippen LogP contribution is 2.17. The van der Waals surface area contributed by atoms with Crippen LogP contribution in [0.1, 0.15) is 19.8 Å². The van der Waals surface area contributed by atoms with Crippen molar-refractivity contribution in [3.05, 3.63) is 18.3 Å². The summed E-state index contributed by atoms with van der Waals surface area (Å²) in [6.45, 7) is 2.67. The highest BCUT2D eigenvalue weighted by Gasteiger charge is 2.05. The molecule has 82 valence electrons. The van der Waals surface area contributed by atoms with E-state index in [1.54, 1.807) is 6.07 Å². The van der Waals surface area contributed by atoms with Gasteiger partial charge >= 0.3 is 6.03 Å². The summed E-state index contributed by atoms with van der Waals surface area (Å²) in [6.07, 6.45) is 3.46. The van der Waals surface area contributed by atoms with Gasteiger partial charge in [0.25, 0.3) is 0 Å². The number of carbonyl (C=O) groups is 1. The summed E-state index contributed by atoms with van der Waals surface area (Å²) in [4.78, 5) is 15.1. The third-order valence-corrected chi connectivity index (χ3v) is 1.83. The molecule has 1 aromatic heterocycles. The van der Waals surface area contributed by atoms with Gasteiger partial charge in [-0.25, -0.2) is 9.78 Å². The number of unbranched alkanes of at least 4 members (excludes halogenated alkanes) is 1. The number of urea groups is 1. The van der Waals surface area contributed by atoms with Crippen molar-refractivity contribution in [2.24, 2.45) is 0 Å². The molecule has 0 aliphatic carbocycles. The van der Waals surface area contributed by atoms with Crippen LogP contribution in [0.4, 0.5) is 10.6 Å². The smallest absolute Gasteiger partial charge is 0.320 e. The number of hydrogen-bond donors (Lipinski definition) is 3. The zero-order valence-corrected chi connectivity index (χ0v) is 8.66. The van der Waals surface area contributed by atoms with Gasteiger partial charge in [-0.2, -0.15) is 0 Å². The number of aromatic hydroxyl groups is 1. The van der Waals surface area contributed by atoms with Crippen LogP contribution in [0.5, 0.6) is 5.75 Å². The van der Waals surface area contributed by atoms with E-state index in [1.807, 2.05) is 6.92 Å². The van der Waals surface area contributed by atoms with E-state index in [9.17, 15) is 9.90 Å². The molecule has 0 unspecified atom stereocenters. The Balaban J connectivity index is 2.41. The minimum absolute atomic E-state index is 0.0388. The van der Waals surface area contributed by atoms with E-state index in [4.69, 9.17) is 0 Å². The van der Waals surface area contributed by atoms with E-state index in [-0.39, 0.29) is 17.6 Å². The van der Waals surface area contributed by atoms with Crippen LogP contribution >= 0.6 is 0 Å². The van der Waals surface area contributed by atoms with Crippen LogP contribution in [-0.2, 0) is 0 Å². The predicted molar refractivity (Wildman–Crippen MR) is 57.8 cm³/mol. The van der Waals surface area contributed by atoms with Crippen LogP contribution in [0.3, 0.4) is 0 Å². The minimum atomic E-state index is -0.350. The fourth-order valence-corrected chi connectivity index (χ4v) is 1.02. The van der Waals surface area contributed by atoms with Crippen LogP contribution in [0.2, 0.25) is 0 Å². The van der Waals surface area contributed by atoms with Crippen molar-refractivity contribution in [2.45, 2.75) is 19.8 Å². The number of aromatic nitrogens is 1. The lowest BCUT2D eigenvalue weighted by Gasteiger charge is -2.06. The number of hydrogen-bond acceptors (Lipinski definition) is 3. The zero-order valence-electron chi connectivity index (χ0n) is 8.66. The van der Waals surface area contributed by atoms with Gasteiger partial charge in [0.2, 0.25) is 0 Å². The highest BCUT2D eigenvalue weighted by molar-refractivity contribution is 5.89. The van der Waals surface area contributed by atoms with Crippen LogP contribution in [0.25, 0.3) is 0 Å². The fraction of sp³-hybridized carbons (Fsp3) is 0.400. The first kappa shape index (κ1) is 11.3. The lowest BCUT2D eigenvalue weighted by atomic mass is 10.3. The normalized spacial score (nSPS) is 9.67. The molecule has 0 aliphatic heterocycles. The fourth-order valence-electron chi connectivity index (χ4n) is 1.02. The van der Waals surface area contributed by atoms with E-state index in [0.717, 1.165) is 12.8 Å². The molecule has 0 saturated heterocycles. The summed E-state index contributed by atoms with van der Waals surface area (Å²) < 4.78 is 0. The molecule has 0 atom stereocenters. The van der Waals surface area contributed by atoms with Crippen LogP contribution < -0.4 is 10.6 Å². The molecule has 0 radical (unpaired) electrons. The molecule has 15 heavy (non-hydrogen) atoms. The zero-order chi connectivity index (χ0) is 11.1. The molecule has 1 heterocycles. The van der Waals surface area contributed by atoms with Crippen molar-refractivity contribution in [2.75, 3.05) is 11.9 Å². The Bertz CT molecular complexity index is 328. The molecule has 0 bridgehead atoms. The van der Waals surface area contributed by atoms with Crippen molar-refractivity contribution in [3.8, 4) is 5.75 Å². The summed E-state index contributed by atoms with van der Waals surface area (Å²) in [5.74, 6) is 0.134. The number of amides is 2. The van der Waals surface area contributed by atoms with E-state index < -0.39 is 0 Å². The maximum Gasteiger partial charge on any atom is 0.320 e. The second kappa shape index (κ2) is 5.85. The maximum atomic E-state index is 11.3. The minimum Gasteiger partial charge on any atom is -0.504 e. The second-order valence-electron chi connectivity index (χ2n) is 3.11. The number of rotatable bonds is 4. The van der Waals surface area contributed by atoms with Crippen molar-refractivity contribution in [1.29, 1.82) is 0 Å². The largest absolute Gasteiger partial charge is 0.504 e. The summed E-state index contributed by atoms with van der Waals surface area (Å²) in [5.41, 5.74) is 0. The molecule has 0 fully saturated rings. The van der Waals surface area contributed by atoms with Crippen molar-refractivity contribution in [1.82, 2.24) is 10.3 Å². The molecule has 1 rings (SSSR count). The number of anilines is 1. The van der Waals surface area contributed by atoms with Gasteiger partial charge in [0.15, 0.2) is 11.6 Å². The Morgan fingerprint density at radius 3 is 3.07 bits per heavy atom. The number of carbonyl (C=O) groups excluding carboxylic acids is 1. The highest BCUT2D eigenvalue weighted by atomic mass is 16.3. The molecule has 0 spiro atoms. The molecule has 0 aromatic carbocycles. The predicted octanol–water partition coefficient (Wildman–Crippen LogP) is 1.71. The van der Waals surface area contributed by atoms with Gasteiger partial charge in [0, 0.05) is 12.7 Å². The Morgan fingerprint density at radius 2 is 2.40 bits per heavy atom. The average molecular weight is 209 g/mol. The summed E-state index contributed by atoms with van der Waals surface area (Å²) in [6, 6.07) is 2.71. The van der Waals surface area contributed by atoms with Gasteiger partial charge < -0.3 is 10.4 Å².